The average Bonchev–Trinajstić information content (AvgIpc) is 3.08. The number of nitrogens with zero attached hydrogens (tertiary/aromatic N) is 2. The van der Waals surface area contributed by atoms with Gasteiger partial charge in [0.1, 0.15) is 0 Å². The molecule has 0 radical (unpaired) electrons. The monoisotopic (exact) mass is 465 g/mol. The van der Waals surface area contributed by atoms with Gasteiger partial charge in [0.15, 0.2) is 0 Å². The first-order valence-electron chi connectivity index (χ1n) is 8.64. The van der Waals surface area contributed by atoms with Crippen molar-refractivity contribution in [2.75, 3.05) is 30.9 Å². The molecular weight excluding hydrogens is 446 g/mol. The molecule has 1 heterocycles. The van der Waals surface area contributed by atoms with Crippen molar-refractivity contribution in [1.82, 2.24) is 4.31 Å². The van der Waals surface area contributed by atoms with Gasteiger partial charge in [0.2, 0.25) is 15.9 Å². The fourth-order valence-corrected chi connectivity index (χ4v) is 4.31. The molecule has 1 aliphatic heterocycles. The molecule has 0 atom stereocenters. The first-order chi connectivity index (χ1) is 13.2. The topological polar surface area (TPSA) is 86.8 Å². The van der Waals surface area contributed by atoms with Crippen LogP contribution in [0.15, 0.2) is 51.8 Å². The Morgan fingerprint density at radius 1 is 1.18 bits per heavy atom. The van der Waals surface area contributed by atoms with Crippen LogP contribution in [0.25, 0.3) is 0 Å². The number of hydrogen-bond acceptors (Lipinski definition) is 4. The van der Waals surface area contributed by atoms with Crippen LogP contribution < -0.4 is 10.2 Å². The van der Waals surface area contributed by atoms with Crippen LogP contribution in [0.3, 0.4) is 0 Å². The zero-order chi connectivity index (χ0) is 20.5. The van der Waals surface area contributed by atoms with Crippen molar-refractivity contribution in [3.63, 3.8) is 0 Å². The number of carbonyl (C=O) groups is 2. The maximum Gasteiger partial charge on any atom is 0.256 e. The Morgan fingerprint density at radius 3 is 2.54 bits per heavy atom. The lowest BCUT2D eigenvalue weighted by Gasteiger charge is -2.20. The molecule has 1 aliphatic rings. The number of amides is 2. The SMILES string of the molecule is CN(C)S(=O)(=O)c1ccc(Br)c(C(=O)Nc2ccccc2N2CCCC2=O)c1. The Kier molecular flexibility index (Phi) is 5.87. The quantitative estimate of drug-likeness (QED) is 0.734. The van der Waals surface area contributed by atoms with E-state index >= 15 is 0 Å². The van der Waals surface area contributed by atoms with Crippen molar-refractivity contribution < 1.29 is 18.0 Å². The molecule has 0 saturated carbocycles. The molecule has 28 heavy (non-hydrogen) atoms. The minimum atomic E-state index is -3.67. The zero-order valence-electron chi connectivity index (χ0n) is 15.5. The van der Waals surface area contributed by atoms with E-state index in [0.717, 1.165) is 10.7 Å². The maximum atomic E-state index is 12.9. The van der Waals surface area contributed by atoms with Gasteiger partial charge < -0.3 is 10.2 Å². The number of rotatable bonds is 5. The minimum Gasteiger partial charge on any atom is -0.320 e. The third kappa shape index (κ3) is 3.96. The molecule has 0 aromatic heterocycles. The number of carbonyl (C=O) groups excluding carboxylic acids is 2. The highest BCUT2D eigenvalue weighted by Gasteiger charge is 2.25. The lowest BCUT2D eigenvalue weighted by molar-refractivity contribution is -0.117. The Hall–Kier alpha value is -2.23. The largest absolute Gasteiger partial charge is 0.320 e. The van der Waals surface area contributed by atoms with Gasteiger partial charge in [-0.15, -0.1) is 0 Å². The average molecular weight is 466 g/mol. The fraction of sp³-hybridized carbons (Fsp3) is 0.263. The van der Waals surface area contributed by atoms with E-state index in [1.807, 2.05) is 0 Å². The van der Waals surface area contributed by atoms with Gasteiger partial charge >= 0.3 is 0 Å². The molecule has 2 aromatic carbocycles. The molecule has 1 saturated heterocycles. The first kappa shape index (κ1) is 20.5. The second kappa shape index (κ2) is 8.02. The van der Waals surface area contributed by atoms with Gasteiger partial charge in [-0.3, -0.25) is 9.59 Å². The van der Waals surface area contributed by atoms with Gasteiger partial charge in [0.25, 0.3) is 5.91 Å². The summed E-state index contributed by atoms with van der Waals surface area (Å²) in [5, 5.41) is 2.80. The molecule has 0 unspecified atom stereocenters. The highest BCUT2D eigenvalue weighted by molar-refractivity contribution is 9.10. The number of halogens is 1. The normalized spacial score (nSPS) is 14.6. The molecule has 2 aromatic rings. The van der Waals surface area contributed by atoms with Crippen LogP contribution in [-0.2, 0) is 14.8 Å². The lowest BCUT2D eigenvalue weighted by atomic mass is 10.2. The third-order valence-electron chi connectivity index (χ3n) is 4.48. The molecule has 9 heteroatoms. The Labute approximate surface area is 172 Å². The van der Waals surface area contributed by atoms with E-state index in [2.05, 4.69) is 21.2 Å². The summed E-state index contributed by atoms with van der Waals surface area (Å²) in [5.41, 5.74) is 1.31. The summed E-state index contributed by atoms with van der Waals surface area (Å²) in [6, 6.07) is 11.4. The highest BCUT2D eigenvalue weighted by atomic mass is 79.9. The van der Waals surface area contributed by atoms with Crippen molar-refractivity contribution in [3.05, 3.63) is 52.5 Å². The fourth-order valence-electron chi connectivity index (χ4n) is 2.96. The zero-order valence-corrected chi connectivity index (χ0v) is 17.9. The molecule has 7 nitrogen and oxygen atoms in total. The van der Waals surface area contributed by atoms with Gasteiger partial charge in [-0.1, -0.05) is 12.1 Å². The summed E-state index contributed by atoms with van der Waals surface area (Å²) in [6.45, 7) is 0.603. The van der Waals surface area contributed by atoms with Gasteiger partial charge in [-0.2, -0.15) is 0 Å². The molecule has 1 N–H and O–H groups in total. The summed E-state index contributed by atoms with van der Waals surface area (Å²) in [5.74, 6) is -0.455. The van der Waals surface area contributed by atoms with Crippen molar-refractivity contribution in [3.8, 4) is 0 Å². The summed E-state index contributed by atoms with van der Waals surface area (Å²) in [6.07, 6.45) is 1.26. The van der Waals surface area contributed by atoms with Crippen LogP contribution in [0.4, 0.5) is 11.4 Å². The van der Waals surface area contributed by atoms with Crippen molar-refractivity contribution in [2.24, 2.45) is 0 Å². The summed E-state index contributed by atoms with van der Waals surface area (Å²) >= 11 is 3.31. The van der Waals surface area contributed by atoms with Crippen molar-refractivity contribution in [2.45, 2.75) is 17.7 Å². The predicted molar refractivity (Wildman–Crippen MR) is 111 cm³/mol. The molecule has 3 rings (SSSR count). The van der Waals surface area contributed by atoms with Crippen LogP contribution in [0.1, 0.15) is 23.2 Å². The molecule has 0 bridgehead atoms. The smallest absolute Gasteiger partial charge is 0.256 e. The first-order valence-corrected chi connectivity index (χ1v) is 10.9. The molecule has 2 amide bonds. The number of hydrogen-bond donors (Lipinski definition) is 1. The molecule has 0 aliphatic carbocycles. The van der Waals surface area contributed by atoms with Gasteiger partial charge in [-0.25, -0.2) is 12.7 Å². The molecule has 1 fully saturated rings. The highest BCUT2D eigenvalue weighted by Crippen LogP contribution is 2.30. The van der Waals surface area contributed by atoms with Gasteiger partial charge in [0, 0.05) is 31.5 Å². The summed E-state index contributed by atoms with van der Waals surface area (Å²) in [7, 11) is -0.809. The number of nitrogens with one attached hydrogen (secondary N) is 1. The van der Waals surface area contributed by atoms with E-state index in [0.29, 0.717) is 28.8 Å². The molecular formula is C19H20BrN3O4S. The number of anilines is 2. The second-order valence-corrected chi connectivity index (χ2v) is 9.56. The van der Waals surface area contributed by atoms with Crippen LogP contribution in [0.2, 0.25) is 0 Å². The van der Waals surface area contributed by atoms with Crippen LogP contribution in [-0.4, -0.2) is 45.2 Å². The van der Waals surface area contributed by atoms with E-state index in [1.54, 1.807) is 29.2 Å². The molecule has 148 valence electrons. The van der Waals surface area contributed by atoms with Crippen LogP contribution in [0, 0.1) is 0 Å². The van der Waals surface area contributed by atoms with E-state index in [9.17, 15) is 18.0 Å². The number of sulfonamides is 1. The van der Waals surface area contributed by atoms with Gasteiger partial charge in [0.05, 0.1) is 21.8 Å². The van der Waals surface area contributed by atoms with E-state index in [1.165, 1.54) is 32.3 Å². The van der Waals surface area contributed by atoms with Crippen molar-refractivity contribution >= 4 is 49.1 Å². The lowest BCUT2D eigenvalue weighted by Crippen LogP contribution is -2.26. The maximum absolute atomic E-state index is 12.9. The number of benzene rings is 2. The third-order valence-corrected chi connectivity index (χ3v) is 6.98. The van der Waals surface area contributed by atoms with Crippen LogP contribution >= 0.6 is 15.9 Å². The second-order valence-electron chi connectivity index (χ2n) is 6.55. The Morgan fingerprint density at radius 2 is 1.89 bits per heavy atom. The predicted octanol–water partition coefficient (Wildman–Crippen LogP) is 3.08. The van der Waals surface area contributed by atoms with E-state index in [4.69, 9.17) is 0 Å². The van der Waals surface area contributed by atoms with Crippen molar-refractivity contribution in [1.29, 1.82) is 0 Å². The molecule has 0 spiro atoms. The van der Waals surface area contributed by atoms with Crippen LogP contribution in [0.5, 0.6) is 0 Å². The summed E-state index contributed by atoms with van der Waals surface area (Å²) < 4.78 is 26.3. The minimum absolute atomic E-state index is 0.0157. The Bertz CT molecular complexity index is 1040. The standard InChI is InChI=1S/C19H20BrN3O4S/c1-22(2)28(26,27)13-9-10-15(20)14(12-13)19(25)21-16-6-3-4-7-17(16)23-11-5-8-18(23)24/h3-4,6-7,9-10,12H,5,8,11H2,1-2H3,(H,21,25). The van der Waals surface area contributed by atoms with Gasteiger partial charge in [-0.05, 0) is 52.7 Å². The van der Waals surface area contributed by atoms with E-state index < -0.39 is 15.9 Å². The van der Waals surface area contributed by atoms with E-state index in [-0.39, 0.29) is 16.4 Å². The summed E-state index contributed by atoms with van der Waals surface area (Å²) in [4.78, 5) is 26.6. The number of para-hydroxylation sites is 2. The Balaban J connectivity index is 1.94.